The predicted molar refractivity (Wildman–Crippen MR) is 55.6 cm³/mol. The van der Waals surface area contributed by atoms with Gasteiger partial charge in [-0.05, 0) is 25.1 Å². The number of hydrogen-bond acceptors (Lipinski definition) is 3. The van der Waals surface area contributed by atoms with Crippen molar-refractivity contribution in [3.63, 3.8) is 0 Å². The molecular weight excluding hydrogens is 176 g/mol. The SMILES string of the molecule is CNc1cccnc1-n1nccc1C. The van der Waals surface area contributed by atoms with Crippen molar-refractivity contribution in [2.45, 2.75) is 6.92 Å². The van der Waals surface area contributed by atoms with Gasteiger partial charge in [0, 0.05) is 25.1 Å². The highest BCUT2D eigenvalue weighted by Gasteiger charge is 2.06. The first-order valence-electron chi connectivity index (χ1n) is 4.46. The number of aromatic nitrogens is 3. The highest BCUT2D eigenvalue weighted by atomic mass is 15.3. The molecule has 0 atom stereocenters. The number of nitrogens with one attached hydrogen (secondary N) is 1. The summed E-state index contributed by atoms with van der Waals surface area (Å²) in [5, 5.41) is 7.30. The lowest BCUT2D eigenvalue weighted by Crippen LogP contribution is -2.05. The molecule has 2 heterocycles. The van der Waals surface area contributed by atoms with E-state index in [4.69, 9.17) is 0 Å². The molecule has 0 aromatic carbocycles. The summed E-state index contributed by atoms with van der Waals surface area (Å²) in [5.74, 6) is 0.831. The van der Waals surface area contributed by atoms with Crippen LogP contribution < -0.4 is 5.32 Å². The molecule has 0 aliphatic carbocycles. The third kappa shape index (κ3) is 1.35. The van der Waals surface area contributed by atoms with E-state index in [2.05, 4.69) is 15.4 Å². The van der Waals surface area contributed by atoms with Gasteiger partial charge >= 0.3 is 0 Å². The first-order chi connectivity index (χ1) is 6.83. The first kappa shape index (κ1) is 8.74. The normalized spacial score (nSPS) is 10.1. The molecule has 0 aliphatic rings. The van der Waals surface area contributed by atoms with Gasteiger partial charge in [-0.1, -0.05) is 0 Å². The van der Waals surface area contributed by atoms with Crippen LogP contribution in [-0.2, 0) is 0 Å². The molecule has 0 fully saturated rings. The lowest BCUT2D eigenvalue weighted by Gasteiger charge is -2.08. The van der Waals surface area contributed by atoms with Crippen molar-refractivity contribution in [3.8, 4) is 5.82 Å². The molecule has 0 radical (unpaired) electrons. The standard InChI is InChI=1S/C10H12N4/c1-8-5-7-13-14(8)10-9(11-2)4-3-6-12-10/h3-7,11H,1-2H3. The summed E-state index contributed by atoms with van der Waals surface area (Å²) in [6.45, 7) is 2.00. The van der Waals surface area contributed by atoms with Gasteiger partial charge in [-0.3, -0.25) is 0 Å². The van der Waals surface area contributed by atoms with Crippen molar-refractivity contribution in [1.29, 1.82) is 0 Å². The fourth-order valence-corrected chi connectivity index (χ4v) is 1.35. The maximum atomic E-state index is 4.29. The highest BCUT2D eigenvalue weighted by Crippen LogP contribution is 2.16. The smallest absolute Gasteiger partial charge is 0.176 e. The van der Waals surface area contributed by atoms with Crippen molar-refractivity contribution >= 4 is 5.69 Å². The number of hydrogen-bond donors (Lipinski definition) is 1. The van der Waals surface area contributed by atoms with E-state index in [1.807, 2.05) is 36.9 Å². The minimum atomic E-state index is 0.831. The number of rotatable bonds is 2. The van der Waals surface area contributed by atoms with Gasteiger partial charge in [-0.2, -0.15) is 5.10 Å². The van der Waals surface area contributed by atoms with Crippen LogP contribution in [0, 0.1) is 6.92 Å². The molecule has 0 saturated carbocycles. The highest BCUT2D eigenvalue weighted by molar-refractivity contribution is 5.56. The minimum Gasteiger partial charge on any atom is -0.385 e. The number of anilines is 1. The number of nitrogens with zero attached hydrogens (tertiary/aromatic N) is 3. The monoisotopic (exact) mass is 188 g/mol. The molecule has 0 unspecified atom stereocenters. The van der Waals surface area contributed by atoms with E-state index in [1.165, 1.54) is 0 Å². The maximum Gasteiger partial charge on any atom is 0.176 e. The molecule has 2 aromatic heterocycles. The summed E-state index contributed by atoms with van der Waals surface area (Å²) in [5.41, 5.74) is 2.04. The van der Waals surface area contributed by atoms with E-state index >= 15 is 0 Å². The van der Waals surface area contributed by atoms with Crippen molar-refractivity contribution in [2.24, 2.45) is 0 Å². The van der Waals surface area contributed by atoms with Crippen LogP contribution in [-0.4, -0.2) is 21.8 Å². The van der Waals surface area contributed by atoms with E-state index in [-0.39, 0.29) is 0 Å². The Bertz CT molecular complexity index is 433. The van der Waals surface area contributed by atoms with Gasteiger partial charge in [-0.15, -0.1) is 0 Å². The zero-order chi connectivity index (χ0) is 9.97. The van der Waals surface area contributed by atoms with Crippen LogP contribution in [0.3, 0.4) is 0 Å². The molecule has 0 amide bonds. The summed E-state index contributed by atoms with van der Waals surface area (Å²) in [6, 6.07) is 5.83. The van der Waals surface area contributed by atoms with E-state index in [0.29, 0.717) is 0 Å². The first-order valence-corrected chi connectivity index (χ1v) is 4.46. The molecule has 2 aromatic rings. The molecule has 4 heteroatoms. The van der Waals surface area contributed by atoms with Gasteiger partial charge < -0.3 is 5.32 Å². The molecule has 1 N–H and O–H groups in total. The predicted octanol–water partition coefficient (Wildman–Crippen LogP) is 1.62. The van der Waals surface area contributed by atoms with Crippen molar-refractivity contribution < 1.29 is 0 Å². The van der Waals surface area contributed by atoms with Gasteiger partial charge in [0.1, 0.15) is 0 Å². The van der Waals surface area contributed by atoms with Crippen molar-refractivity contribution in [3.05, 3.63) is 36.3 Å². The van der Waals surface area contributed by atoms with Crippen LogP contribution >= 0.6 is 0 Å². The molecule has 14 heavy (non-hydrogen) atoms. The average Bonchev–Trinajstić information content (AvgIpc) is 2.64. The Morgan fingerprint density at radius 3 is 2.79 bits per heavy atom. The summed E-state index contributed by atoms with van der Waals surface area (Å²) in [7, 11) is 1.87. The molecule has 0 saturated heterocycles. The van der Waals surface area contributed by atoms with E-state index < -0.39 is 0 Å². The zero-order valence-corrected chi connectivity index (χ0v) is 8.23. The number of aryl methyl sites for hydroxylation is 1. The maximum absolute atomic E-state index is 4.29. The molecular formula is C10H12N4. The van der Waals surface area contributed by atoms with Gasteiger partial charge in [0.25, 0.3) is 0 Å². The van der Waals surface area contributed by atoms with Crippen LogP contribution in [0.15, 0.2) is 30.6 Å². The van der Waals surface area contributed by atoms with Gasteiger partial charge in [0.05, 0.1) is 5.69 Å². The van der Waals surface area contributed by atoms with Crippen molar-refractivity contribution in [1.82, 2.24) is 14.8 Å². The molecule has 0 spiro atoms. The molecule has 4 nitrogen and oxygen atoms in total. The van der Waals surface area contributed by atoms with Crippen LogP contribution in [0.5, 0.6) is 0 Å². The molecule has 2 rings (SSSR count). The largest absolute Gasteiger partial charge is 0.385 e. The quantitative estimate of drug-likeness (QED) is 0.778. The van der Waals surface area contributed by atoms with Crippen molar-refractivity contribution in [2.75, 3.05) is 12.4 Å². The Balaban J connectivity index is 2.56. The fourth-order valence-electron chi connectivity index (χ4n) is 1.35. The number of pyridine rings is 1. The second kappa shape index (κ2) is 3.49. The minimum absolute atomic E-state index is 0.831. The second-order valence-electron chi connectivity index (χ2n) is 3.01. The van der Waals surface area contributed by atoms with Gasteiger partial charge in [0.2, 0.25) is 0 Å². The third-order valence-electron chi connectivity index (χ3n) is 2.09. The summed E-state index contributed by atoms with van der Waals surface area (Å²) in [6.07, 6.45) is 3.53. The third-order valence-corrected chi connectivity index (χ3v) is 2.09. The van der Waals surface area contributed by atoms with Crippen LogP contribution in [0.1, 0.15) is 5.69 Å². The summed E-state index contributed by atoms with van der Waals surface area (Å²) >= 11 is 0. The average molecular weight is 188 g/mol. The molecule has 0 aliphatic heterocycles. The van der Waals surface area contributed by atoms with Crippen LogP contribution in [0.25, 0.3) is 5.82 Å². The second-order valence-corrected chi connectivity index (χ2v) is 3.01. The Morgan fingerprint density at radius 2 is 2.14 bits per heavy atom. The zero-order valence-electron chi connectivity index (χ0n) is 8.23. The van der Waals surface area contributed by atoms with E-state index in [9.17, 15) is 0 Å². The van der Waals surface area contributed by atoms with Crippen LogP contribution in [0.2, 0.25) is 0 Å². The lowest BCUT2D eigenvalue weighted by atomic mass is 10.3. The fraction of sp³-hybridized carbons (Fsp3) is 0.200. The van der Waals surface area contributed by atoms with E-state index in [1.54, 1.807) is 12.4 Å². The summed E-state index contributed by atoms with van der Waals surface area (Å²) < 4.78 is 1.81. The Morgan fingerprint density at radius 1 is 1.29 bits per heavy atom. The van der Waals surface area contributed by atoms with Gasteiger partial charge in [-0.25, -0.2) is 9.67 Å². The lowest BCUT2D eigenvalue weighted by molar-refractivity contribution is 0.819. The Hall–Kier alpha value is -1.84. The van der Waals surface area contributed by atoms with Gasteiger partial charge in [0.15, 0.2) is 5.82 Å². The van der Waals surface area contributed by atoms with Crippen LogP contribution in [0.4, 0.5) is 5.69 Å². The molecule has 72 valence electrons. The van der Waals surface area contributed by atoms with E-state index in [0.717, 1.165) is 17.2 Å². The topological polar surface area (TPSA) is 42.7 Å². The Kier molecular flexibility index (Phi) is 2.18. The Labute approximate surface area is 82.6 Å². The summed E-state index contributed by atoms with van der Waals surface area (Å²) in [4.78, 5) is 4.29. The molecule has 0 bridgehead atoms.